The minimum Gasteiger partial charge on any atom is -0.461 e. The maximum atomic E-state index is 13.0. The molecule has 0 saturated carbocycles. The van der Waals surface area contributed by atoms with Crippen molar-refractivity contribution >= 4 is 11.9 Å². The molecule has 0 aliphatic carbocycles. The summed E-state index contributed by atoms with van der Waals surface area (Å²) in [4.78, 5) is 21.6. The van der Waals surface area contributed by atoms with E-state index >= 15 is 0 Å². The summed E-state index contributed by atoms with van der Waals surface area (Å²) in [7, 11) is 0.986. The van der Waals surface area contributed by atoms with Gasteiger partial charge >= 0.3 is 11.9 Å². The van der Waals surface area contributed by atoms with Crippen LogP contribution in [0, 0.1) is 18.6 Å². The molecule has 0 aliphatic rings. The highest BCUT2D eigenvalue weighted by Crippen LogP contribution is 2.19. The van der Waals surface area contributed by atoms with Crippen molar-refractivity contribution in [3.05, 3.63) is 29.3 Å². The first kappa shape index (κ1) is 12.1. The van der Waals surface area contributed by atoms with Crippen molar-refractivity contribution in [2.75, 3.05) is 7.11 Å². The molecule has 0 fully saturated rings. The van der Waals surface area contributed by atoms with E-state index in [2.05, 4.69) is 9.47 Å². The van der Waals surface area contributed by atoms with Crippen LogP contribution in [0.1, 0.15) is 5.56 Å². The van der Waals surface area contributed by atoms with E-state index in [0.29, 0.717) is 0 Å². The Labute approximate surface area is 89.8 Å². The van der Waals surface area contributed by atoms with Gasteiger partial charge in [0.1, 0.15) is 17.4 Å². The number of hydrogen-bond acceptors (Lipinski definition) is 4. The third kappa shape index (κ3) is 2.53. The first-order valence-electron chi connectivity index (χ1n) is 4.21. The number of rotatable bonds is 1. The first-order valence-corrected chi connectivity index (χ1v) is 4.21. The van der Waals surface area contributed by atoms with Gasteiger partial charge in [0, 0.05) is 17.7 Å². The molecular formula is C10H8F2O4. The lowest BCUT2D eigenvalue weighted by Gasteiger charge is -2.04. The van der Waals surface area contributed by atoms with Crippen LogP contribution >= 0.6 is 0 Å². The fourth-order valence-electron chi connectivity index (χ4n) is 0.913. The van der Waals surface area contributed by atoms with Gasteiger partial charge in [-0.05, 0) is 6.92 Å². The van der Waals surface area contributed by atoms with Crippen molar-refractivity contribution in [3.63, 3.8) is 0 Å². The molecule has 0 saturated heterocycles. The van der Waals surface area contributed by atoms with E-state index < -0.39 is 29.3 Å². The quantitative estimate of drug-likeness (QED) is 0.415. The molecule has 0 bridgehead atoms. The van der Waals surface area contributed by atoms with Gasteiger partial charge in [0.2, 0.25) is 0 Å². The van der Waals surface area contributed by atoms with E-state index in [0.717, 1.165) is 19.2 Å². The normalized spacial score (nSPS) is 9.75. The number of ether oxygens (including phenoxy) is 2. The fourth-order valence-corrected chi connectivity index (χ4v) is 0.913. The molecule has 16 heavy (non-hydrogen) atoms. The summed E-state index contributed by atoms with van der Waals surface area (Å²) in [5.41, 5.74) is -0.196. The van der Waals surface area contributed by atoms with Crippen LogP contribution in [-0.2, 0) is 14.3 Å². The molecule has 0 N–H and O–H groups in total. The van der Waals surface area contributed by atoms with Gasteiger partial charge in [0.05, 0.1) is 7.11 Å². The van der Waals surface area contributed by atoms with Crippen LogP contribution in [-0.4, -0.2) is 19.0 Å². The van der Waals surface area contributed by atoms with Gasteiger partial charge < -0.3 is 9.47 Å². The zero-order chi connectivity index (χ0) is 12.3. The van der Waals surface area contributed by atoms with Crippen LogP contribution in [0.3, 0.4) is 0 Å². The zero-order valence-electron chi connectivity index (χ0n) is 8.54. The molecule has 1 rings (SSSR count). The van der Waals surface area contributed by atoms with Crippen molar-refractivity contribution in [1.29, 1.82) is 0 Å². The second-order valence-corrected chi connectivity index (χ2v) is 2.89. The number of carbonyl (C=O) groups is 2. The molecule has 1 aromatic carbocycles. The number of carbonyl (C=O) groups excluding carboxylic acids is 2. The molecule has 4 nitrogen and oxygen atoms in total. The maximum absolute atomic E-state index is 13.0. The molecule has 0 atom stereocenters. The molecule has 1 aromatic rings. The van der Waals surface area contributed by atoms with Gasteiger partial charge in [-0.2, -0.15) is 0 Å². The van der Waals surface area contributed by atoms with Crippen molar-refractivity contribution in [2.45, 2.75) is 6.92 Å². The maximum Gasteiger partial charge on any atom is 0.422 e. The minimum absolute atomic E-state index is 0.196. The van der Waals surface area contributed by atoms with E-state index in [1.807, 2.05) is 0 Å². The summed E-state index contributed by atoms with van der Waals surface area (Å²) in [6, 6.07) is 1.61. The minimum atomic E-state index is -1.34. The second-order valence-electron chi connectivity index (χ2n) is 2.89. The van der Waals surface area contributed by atoms with Crippen molar-refractivity contribution < 1.29 is 27.8 Å². The number of methoxy groups -OCH3 is 1. The van der Waals surface area contributed by atoms with Crippen LogP contribution in [0.5, 0.6) is 5.75 Å². The largest absolute Gasteiger partial charge is 0.461 e. The van der Waals surface area contributed by atoms with Gasteiger partial charge in [-0.3, -0.25) is 0 Å². The number of esters is 2. The predicted octanol–water partition coefficient (Wildman–Crippen LogP) is 1.35. The Kier molecular flexibility index (Phi) is 3.55. The molecule has 0 radical (unpaired) electrons. The highest BCUT2D eigenvalue weighted by molar-refractivity contribution is 6.30. The lowest BCUT2D eigenvalue weighted by Crippen LogP contribution is -2.21. The average Bonchev–Trinajstić information content (AvgIpc) is 2.24. The van der Waals surface area contributed by atoms with Crippen molar-refractivity contribution in [2.24, 2.45) is 0 Å². The molecule has 0 amide bonds. The average molecular weight is 230 g/mol. The van der Waals surface area contributed by atoms with Crippen LogP contribution < -0.4 is 4.74 Å². The molecule has 0 heterocycles. The molecule has 6 heteroatoms. The Bertz CT molecular complexity index is 419. The highest BCUT2D eigenvalue weighted by atomic mass is 19.1. The first-order chi connectivity index (χ1) is 7.45. The fraction of sp³-hybridized carbons (Fsp3) is 0.200. The summed E-state index contributed by atoms with van der Waals surface area (Å²) in [5.74, 6) is -4.72. The van der Waals surface area contributed by atoms with E-state index in [-0.39, 0.29) is 5.56 Å². The van der Waals surface area contributed by atoms with E-state index in [1.165, 1.54) is 6.92 Å². The van der Waals surface area contributed by atoms with Gasteiger partial charge in [-0.1, -0.05) is 0 Å². The Balaban J connectivity index is 2.91. The smallest absolute Gasteiger partial charge is 0.422 e. The van der Waals surface area contributed by atoms with Crippen molar-refractivity contribution in [3.8, 4) is 5.75 Å². The van der Waals surface area contributed by atoms with Gasteiger partial charge in [-0.15, -0.1) is 0 Å². The van der Waals surface area contributed by atoms with Crippen LogP contribution in [0.2, 0.25) is 0 Å². The van der Waals surface area contributed by atoms with E-state index in [4.69, 9.17) is 0 Å². The number of hydrogen-bond donors (Lipinski definition) is 0. The van der Waals surface area contributed by atoms with Crippen LogP contribution in [0.15, 0.2) is 12.1 Å². The van der Waals surface area contributed by atoms with E-state index in [9.17, 15) is 18.4 Å². The predicted molar refractivity (Wildman–Crippen MR) is 48.7 cm³/mol. The summed E-state index contributed by atoms with van der Waals surface area (Å²) in [5, 5.41) is 0. The Morgan fingerprint density at radius 1 is 1.12 bits per heavy atom. The third-order valence-corrected chi connectivity index (χ3v) is 1.82. The SMILES string of the molecule is COC(=O)C(=O)Oc1cc(F)c(C)c(F)c1. The molecule has 86 valence electrons. The molecule has 0 unspecified atom stereocenters. The number of halogens is 2. The zero-order valence-corrected chi connectivity index (χ0v) is 8.54. The summed E-state index contributed by atoms with van der Waals surface area (Å²) in [6.45, 7) is 1.23. The Hall–Kier alpha value is -1.98. The lowest BCUT2D eigenvalue weighted by molar-refractivity contribution is -0.160. The summed E-state index contributed by atoms with van der Waals surface area (Å²) < 4.78 is 34.5. The molecule has 0 aliphatic heterocycles. The Morgan fingerprint density at radius 3 is 2.06 bits per heavy atom. The highest BCUT2D eigenvalue weighted by Gasteiger charge is 2.18. The standard InChI is InChI=1S/C10H8F2O4/c1-5-7(11)3-6(4-8(5)12)16-10(14)9(13)15-2/h3-4H,1-2H3. The second kappa shape index (κ2) is 4.69. The monoisotopic (exact) mass is 230 g/mol. The van der Waals surface area contributed by atoms with E-state index in [1.54, 1.807) is 0 Å². The third-order valence-electron chi connectivity index (χ3n) is 1.82. The van der Waals surface area contributed by atoms with Crippen LogP contribution in [0.4, 0.5) is 8.78 Å². The molecule has 0 aromatic heterocycles. The van der Waals surface area contributed by atoms with Gasteiger partial charge in [0.15, 0.2) is 0 Å². The Morgan fingerprint density at radius 2 is 1.62 bits per heavy atom. The lowest BCUT2D eigenvalue weighted by atomic mass is 10.2. The summed E-state index contributed by atoms with van der Waals surface area (Å²) in [6.07, 6.45) is 0. The van der Waals surface area contributed by atoms with Gasteiger partial charge in [0.25, 0.3) is 0 Å². The van der Waals surface area contributed by atoms with Gasteiger partial charge in [-0.25, -0.2) is 18.4 Å². The molecular weight excluding hydrogens is 222 g/mol. The summed E-state index contributed by atoms with van der Waals surface area (Å²) >= 11 is 0. The molecule has 0 spiro atoms. The number of benzene rings is 1. The van der Waals surface area contributed by atoms with Crippen LogP contribution in [0.25, 0.3) is 0 Å². The van der Waals surface area contributed by atoms with Crippen molar-refractivity contribution in [1.82, 2.24) is 0 Å². The topological polar surface area (TPSA) is 52.6 Å².